The van der Waals surface area contributed by atoms with E-state index in [0.29, 0.717) is 24.4 Å². The van der Waals surface area contributed by atoms with Crippen molar-refractivity contribution in [3.8, 4) is 5.69 Å². The molecule has 11 heteroatoms. The first-order valence-electron chi connectivity index (χ1n) is 22.5. The number of rotatable bonds is 10. The first kappa shape index (κ1) is 44.0. The molecule has 3 heterocycles. The Labute approximate surface area is 350 Å². The van der Waals surface area contributed by atoms with Gasteiger partial charge in [-0.1, -0.05) is 92.7 Å². The van der Waals surface area contributed by atoms with Crippen LogP contribution >= 0.6 is 0 Å². The van der Waals surface area contributed by atoms with E-state index in [1.54, 1.807) is 0 Å². The van der Waals surface area contributed by atoms with Crippen LogP contribution < -0.4 is 11.4 Å². The summed E-state index contributed by atoms with van der Waals surface area (Å²) in [6.45, 7) is 33.4. The normalized spacial score (nSPS) is 35.9. The summed E-state index contributed by atoms with van der Waals surface area (Å²) in [5.74, 6) is 0.377. The van der Waals surface area contributed by atoms with Crippen molar-refractivity contribution in [3.63, 3.8) is 0 Å². The number of fused-ring (bicyclic) bond motifs is 1. The first-order valence-corrected chi connectivity index (χ1v) is 28.3. The summed E-state index contributed by atoms with van der Waals surface area (Å²) in [7, 11) is -4.31. The topological polar surface area (TPSA) is 108 Å². The number of hydrogen-bond acceptors (Lipinski definition) is 6. The number of allylic oxidation sites excluding steroid dienone is 2. The summed E-state index contributed by atoms with van der Waals surface area (Å²) < 4.78 is 19.2. The smallest absolute Gasteiger partial charge is 0.352 e. The SMILES string of the molecule is C[C@H](CC[C@@H](O[Si](C)(C)C(C)(C)C)C(C)(C)O)[C@H]1CC[C@@H]2[C@]1(C)C[C@@H](O)[C@H]1[C@]23C=C[C@]2(C[C@@H](O[Si](C)(C)C(C)(C)C)CC[C@]12C)n1c(=O)n(-c2ccccc2)c(=O)n13. The molecule has 0 unspecified atom stereocenters. The number of aliphatic hydroxyl groups excluding tert-OH is 1. The molecule has 9 nitrogen and oxygen atoms in total. The number of aliphatic hydroxyl groups is 2. The van der Waals surface area contributed by atoms with E-state index in [0.717, 1.165) is 38.5 Å². The standard InChI is InChI=1S/C47H77N3O6Si2/c1-31(21-24-37(43(8,9)54)56-58(14,15)42(5,6)7)34-22-23-36-44(34,10)30-35(51)38-45(11)26-25-33(55-57(12,13)41(2,3)4)29-46(45)27-28-47(36,38)50-40(53)48(39(52)49(46)50)32-19-17-16-18-20-32/h16-20,27-28,31,33-38,51,54H,21-26,29-30H2,1-15H3/t31-,33+,34-,35-,36-,37-,38-,44-,45-,46-,47+/m1/s1. The lowest BCUT2D eigenvalue weighted by Crippen LogP contribution is -2.79. The number of hydrogen-bond donors (Lipinski definition) is 2. The molecule has 0 radical (unpaired) electrons. The molecule has 3 fully saturated rings. The highest BCUT2D eigenvalue weighted by molar-refractivity contribution is 6.74. The summed E-state index contributed by atoms with van der Waals surface area (Å²) >= 11 is 0. The van der Waals surface area contributed by atoms with Gasteiger partial charge in [-0.15, -0.1) is 0 Å². The Morgan fingerprint density at radius 2 is 1.43 bits per heavy atom. The van der Waals surface area contributed by atoms with Crippen molar-refractivity contribution in [2.24, 2.45) is 34.5 Å². The van der Waals surface area contributed by atoms with Crippen LogP contribution in [0.15, 0.2) is 52.1 Å². The zero-order chi connectivity index (χ0) is 43.0. The highest BCUT2D eigenvalue weighted by Gasteiger charge is 2.77. The molecule has 58 heavy (non-hydrogen) atoms. The van der Waals surface area contributed by atoms with E-state index in [4.69, 9.17) is 8.85 Å². The molecular formula is C47H77N3O6Si2. The third-order valence-electron chi connectivity index (χ3n) is 17.9. The molecule has 11 atom stereocenters. The Morgan fingerprint density at radius 1 is 0.828 bits per heavy atom. The van der Waals surface area contributed by atoms with E-state index in [-0.39, 0.29) is 56.8 Å². The summed E-state index contributed by atoms with van der Waals surface area (Å²) in [6.07, 6.45) is 10.0. The lowest BCUT2D eigenvalue weighted by Gasteiger charge is -2.72. The van der Waals surface area contributed by atoms with Crippen LogP contribution in [0, 0.1) is 34.5 Å². The maximum absolute atomic E-state index is 15.3. The summed E-state index contributed by atoms with van der Waals surface area (Å²) in [5, 5.41) is 24.4. The second-order valence-corrected chi connectivity index (χ2v) is 33.2. The van der Waals surface area contributed by atoms with Gasteiger partial charge in [0.05, 0.1) is 34.6 Å². The van der Waals surface area contributed by atoms with Gasteiger partial charge in [0.2, 0.25) is 0 Å². The Morgan fingerprint density at radius 3 is 2.02 bits per heavy atom. The molecule has 3 saturated carbocycles. The Balaban J connectivity index is 1.32. The van der Waals surface area contributed by atoms with Gasteiger partial charge in [-0.2, -0.15) is 0 Å². The zero-order valence-electron chi connectivity index (χ0n) is 38.6. The van der Waals surface area contributed by atoms with E-state index in [1.165, 1.54) is 4.57 Å². The van der Waals surface area contributed by atoms with Gasteiger partial charge in [0.25, 0.3) is 0 Å². The molecular weight excluding hydrogens is 759 g/mol. The van der Waals surface area contributed by atoms with Crippen molar-refractivity contribution in [1.82, 2.24) is 13.9 Å². The van der Waals surface area contributed by atoms with Gasteiger partial charge in [-0.25, -0.2) is 23.5 Å². The van der Waals surface area contributed by atoms with Gasteiger partial charge in [-0.3, -0.25) is 0 Å². The van der Waals surface area contributed by atoms with Crippen LogP contribution in [0.5, 0.6) is 0 Å². The van der Waals surface area contributed by atoms with E-state index in [1.807, 2.05) is 53.5 Å². The molecule has 2 spiro atoms. The maximum atomic E-state index is 15.3. The minimum Gasteiger partial charge on any atom is -0.414 e. The van der Waals surface area contributed by atoms with Crippen molar-refractivity contribution in [3.05, 3.63) is 63.5 Å². The van der Waals surface area contributed by atoms with Gasteiger partial charge < -0.3 is 19.1 Å². The Bertz CT molecular complexity index is 2030. The van der Waals surface area contributed by atoms with Crippen LogP contribution in [0.4, 0.5) is 0 Å². The summed E-state index contributed by atoms with van der Waals surface area (Å²) in [5.41, 5.74) is -3.52. The van der Waals surface area contributed by atoms with Crippen LogP contribution in [-0.4, -0.2) is 64.7 Å². The van der Waals surface area contributed by atoms with Gasteiger partial charge in [0.15, 0.2) is 16.6 Å². The Hall–Kier alpha value is -2.03. The minimum atomic E-state index is -2.16. The highest BCUT2D eigenvalue weighted by atomic mass is 28.4. The van der Waals surface area contributed by atoms with Gasteiger partial charge >= 0.3 is 11.4 Å². The number of benzene rings is 1. The lowest BCUT2D eigenvalue weighted by molar-refractivity contribution is -0.235. The van der Waals surface area contributed by atoms with E-state index in [9.17, 15) is 10.2 Å². The summed E-state index contributed by atoms with van der Waals surface area (Å²) in [4.78, 5) is 30.5. The van der Waals surface area contributed by atoms with Crippen molar-refractivity contribution < 1.29 is 19.1 Å². The molecule has 2 aromatic rings. The fourth-order valence-corrected chi connectivity index (χ4v) is 15.7. The number of nitrogens with zero attached hydrogens (tertiary/aromatic N) is 3. The second-order valence-electron chi connectivity index (χ2n) is 23.7. The molecule has 324 valence electrons. The molecule has 2 aliphatic heterocycles. The monoisotopic (exact) mass is 836 g/mol. The van der Waals surface area contributed by atoms with Crippen molar-refractivity contribution in [1.29, 1.82) is 0 Å². The summed E-state index contributed by atoms with van der Waals surface area (Å²) in [6, 6.07) is 9.38. The van der Waals surface area contributed by atoms with Crippen molar-refractivity contribution in [2.75, 3.05) is 0 Å². The van der Waals surface area contributed by atoms with Crippen LogP contribution in [0.1, 0.15) is 128 Å². The largest absolute Gasteiger partial charge is 0.414 e. The van der Waals surface area contributed by atoms with E-state index in [2.05, 4.69) is 101 Å². The molecule has 8 rings (SSSR count). The van der Waals surface area contributed by atoms with Crippen molar-refractivity contribution in [2.45, 2.75) is 199 Å². The van der Waals surface area contributed by atoms with Crippen LogP contribution in [-0.2, 0) is 19.9 Å². The van der Waals surface area contributed by atoms with Gasteiger partial charge in [0, 0.05) is 23.9 Å². The van der Waals surface area contributed by atoms with Crippen LogP contribution in [0.3, 0.4) is 0 Å². The van der Waals surface area contributed by atoms with Crippen LogP contribution in [0.25, 0.3) is 5.69 Å². The third-order valence-corrected chi connectivity index (χ3v) is 26.9. The average molecular weight is 836 g/mol. The number of para-hydroxylation sites is 1. The zero-order valence-corrected chi connectivity index (χ0v) is 40.6. The minimum absolute atomic E-state index is 0.0261. The lowest BCUT2D eigenvalue weighted by atomic mass is 9.39. The maximum Gasteiger partial charge on any atom is 0.352 e. The molecule has 1 aromatic heterocycles. The average Bonchev–Trinajstić information content (AvgIpc) is 3.58. The first-order chi connectivity index (χ1) is 26.5. The molecule has 2 N–H and O–H groups in total. The number of aromatic nitrogens is 3. The fourth-order valence-electron chi connectivity index (χ4n) is 12.9. The predicted octanol–water partition coefficient (Wildman–Crippen LogP) is 9.35. The van der Waals surface area contributed by atoms with Gasteiger partial charge in [-0.05, 0) is 130 Å². The highest BCUT2D eigenvalue weighted by Crippen LogP contribution is 2.74. The Kier molecular flexibility index (Phi) is 10.4. The van der Waals surface area contributed by atoms with Gasteiger partial charge in [0.1, 0.15) is 0 Å². The molecule has 2 bridgehead atoms. The molecule has 0 saturated heterocycles. The molecule has 0 amide bonds. The molecule has 4 aliphatic carbocycles. The molecule has 6 aliphatic rings. The van der Waals surface area contributed by atoms with Crippen LogP contribution in [0.2, 0.25) is 36.3 Å². The quantitative estimate of drug-likeness (QED) is 0.183. The van der Waals surface area contributed by atoms with E-state index < -0.39 is 44.8 Å². The fraction of sp³-hybridized carbons (Fsp3) is 0.787. The predicted molar refractivity (Wildman–Crippen MR) is 239 cm³/mol. The third kappa shape index (κ3) is 6.23. The van der Waals surface area contributed by atoms with E-state index >= 15 is 9.59 Å². The second kappa shape index (κ2) is 13.7. The van der Waals surface area contributed by atoms with Crippen molar-refractivity contribution >= 4 is 16.6 Å². The molecule has 1 aromatic carbocycles.